The standard InChI is InChI=1S/C29H46N4O5S2/c1-6-39-25(40-7-2)23(17-34)24(36)33(27(38)32(5)16-21-10-8-9-11-21)22-12-14-28(15-13-22)18-29(19-28,30-20-35)26(37)31(3)4/h17,20-22H,6-16,18-19H2,1-5H3,(H,30,35). The van der Waals surface area contributed by atoms with Gasteiger partial charge in [-0.05, 0) is 74.2 Å². The van der Waals surface area contributed by atoms with Gasteiger partial charge in [-0.15, -0.1) is 23.5 Å². The molecule has 3 rings (SSSR count). The van der Waals surface area contributed by atoms with Gasteiger partial charge in [0.15, 0.2) is 6.29 Å². The van der Waals surface area contributed by atoms with Gasteiger partial charge in [0.25, 0.3) is 5.91 Å². The second-order valence-electron chi connectivity index (χ2n) is 11.8. The quantitative estimate of drug-likeness (QED) is 0.156. The summed E-state index contributed by atoms with van der Waals surface area (Å²) < 4.78 is 0.666. The number of amides is 5. The van der Waals surface area contributed by atoms with Gasteiger partial charge in [0.05, 0.1) is 9.81 Å². The van der Waals surface area contributed by atoms with Crippen LogP contribution in [0, 0.1) is 11.3 Å². The van der Waals surface area contributed by atoms with E-state index in [0.717, 1.165) is 37.2 Å². The summed E-state index contributed by atoms with van der Waals surface area (Å²) in [5.41, 5.74) is -0.936. The molecule has 3 aliphatic rings. The van der Waals surface area contributed by atoms with E-state index in [1.54, 1.807) is 26.0 Å². The normalized spacial score (nSPS) is 26.0. The Morgan fingerprint density at radius 2 is 1.50 bits per heavy atom. The Morgan fingerprint density at radius 3 is 1.98 bits per heavy atom. The highest BCUT2D eigenvalue weighted by Gasteiger charge is 2.60. The molecule has 0 aliphatic heterocycles. The largest absolute Gasteiger partial charge is 0.347 e. The Kier molecular flexibility index (Phi) is 11.6. The van der Waals surface area contributed by atoms with Gasteiger partial charge >= 0.3 is 6.03 Å². The number of carbonyl (C=O) groups excluding carboxylic acids is 5. The Bertz CT molecular complexity index is 971. The van der Waals surface area contributed by atoms with Crippen molar-refractivity contribution in [3.05, 3.63) is 9.81 Å². The van der Waals surface area contributed by atoms with E-state index in [1.165, 1.54) is 46.2 Å². The molecule has 0 saturated heterocycles. The molecule has 3 fully saturated rings. The molecule has 0 heterocycles. The summed E-state index contributed by atoms with van der Waals surface area (Å²) in [7, 11) is 5.14. The number of urea groups is 1. The van der Waals surface area contributed by atoms with Crippen LogP contribution < -0.4 is 5.32 Å². The molecule has 1 spiro atoms. The SMILES string of the molecule is CCSC(SCC)=C(C=O)C(=O)N(C(=O)N(C)CC1CCCC1)C1CCC2(CC1)CC(NC=O)(C(=O)N(C)C)C2. The summed E-state index contributed by atoms with van der Waals surface area (Å²) in [6.45, 7) is 4.56. The Hall–Kier alpha value is -2.01. The Labute approximate surface area is 247 Å². The van der Waals surface area contributed by atoms with Gasteiger partial charge in [-0.1, -0.05) is 26.7 Å². The van der Waals surface area contributed by atoms with Crippen LogP contribution in [0.4, 0.5) is 4.79 Å². The van der Waals surface area contributed by atoms with Gasteiger partial charge in [-0.2, -0.15) is 0 Å². The first-order chi connectivity index (χ1) is 19.1. The van der Waals surface area contributed by atoms with E-state index in [4.69, 9.17) is 0 Å². The number of imide groups is 1. The van der Waals surface area contributed by atoms with Crippen LogP contribution >= 0.6 is 23.5 Å². The van der Waals surface area contributed by atoms with Crippen LogP contribution in [0.25, 0.3) is 0 Å². The van der Waals surface area contributed by atoms with E-state index >= 15 is 0 Å². The first-order valence-corrected chi connectivity index (χ1v) is 16.5. The fraction of sp³-hybridized carbons (Fsp3) is 0.759. The van der Waals surface area contributed by atoms with Crippen molar-refractivity contribution in [2.75, 3.05) is 39.2 Å². The summed E-state index contributed by atoms with van der Waals surface area (Å²) in [5, 5.41) is 2.78. The molecule has 0 aromatic carbocycles. The van der Waals surface area contributed by atoms with Crippen LogP contribution in [0.1, 0.15) is 78.1 Å². The van der Waals surface area contributed by atoms with E-state index < -0.39 is 11.4 Å². The summed E-state index contributed by atoms with van der Waals surface area (Å²) in [6.07, 6.45) is 9.52. The van der Waals surface area contributed by atoms with Gasteiger partial charge in [0, 0.05) is 33.7 Å². The van der Waals surface area contributed by atoms with E-state index in [1.807, 2.05) is 13.8 Å². The average Bonchev–Trinajstić information content (AvgIpc) is 3.42. The second-order valence-corrected chi connectivity index (χ2v) is 14.6. The predicted octanol–water partition coefficient (Wildman–Crippen LogP) is 4.27. The van der Waals surface area contributed by atoms with Crippen molar-refractivity contribution in [3.63, 3.8) is 0 Å². The lowest BCUT2D eigenvalue weighted by molar-refractivity contribution is -0.152. The number of rotatable bonds is 12. The maximum atomic E-state index is 14.0. The minimum atomic E-state index is -0.887. The third-order valence-electron chi connectivity index (χ3n) is 8.76. The molecule has 0 aromatic rings. The summed E-state index contributed by atoms with van der Waals surface area (Å²) in [6, 6.07) is -0.669. The molecule has 3 saturated carbocycles. The number of likely N-dealkylation sites (N-methyl/N-ethyl adjacent to an activating group) is 1. The summed E-state index contributed by atoms with van der Waals surface area (Å²) in [5.74, 6) is 1.26. The number of nitrogens with one attached hydrogen (secondary N) is 1. The molecule has 224 valence electrons. The fourth-order valence-electron chi connectivity index (χ4n) is 6.94. The molecule has 3 aliphatic carbocycles. The molecule has 9 nitrogen and oxygen atoms in total. The lowest BCUT2D eigenvalue weighted by Gasteiger charge is -2.58. The zero-order chi connectivity index (χ0) is 29.5. The number of nitrogens with zero attached hydrogens (tertiary/aromatic N) is 3. The topological polar surface area (TPSA) is 107 Å². The maximum Gasteiger partial charge on any atom is 0.326 e. The number of hydrogen-bond acceptors (Lipinski definition) is 7. The molecule has 1 N–H and O–H groups in total. The van der Waals surface area contributed by atoms with Crippen molar-refractivity contribution < 1.29 is 24.0 Å². The van der Waals surface area contributed by atoms with Crippen molar-refractivity contribution >= 4 is 54.1 Å². The van der Waals surface area contributed by atoms with E-state index in [-0.39, 0.29) is 29.0 Å². The van der Waals surface area contributed by atoms with Crippen LogP contribution in [0.2, 0.25) is 0 Å². The summed E-state index contributed by atoms with van der Waals surface area (Å²) >= 11 is 2.92. The smallest absolute Gasteiger partial charge is 0.326 e. The summed E-state index contributed by atoms with van der Waals surface area (Å²) in [4.78, 5) is 68.9. The minimum absolute atomic E-state index is 0.0658. The monoisotopic (exact) mass is 594 g/mol. The minimum Gasteiger partial charge on any atom is -0.347 e. The number of thioether (sulfide) groups is 2. The van der Waals surface area contributed by atoms with Crippen molar-refractivity contribution in [2.24, 2.45) is 11.3 Å². The van der Waals surface area contributed by atoms with Gasteiger partial charge in [0.2, 0.25) is 12.3 Å². The van der Waals surface area contributed by atoms with E-state index in [0.29, 0.717) is 55.1 Å². The molecule has 0 unspecified atom stereocenters. The molecular formula is C29H46N4O5S2. The van der Waals surface area contributed by atoms with Crippen LogP contribution in [-0.2, 0) is 19.2 Å². The maximum absolute atomic E-state index is 14.0. The average molecular weight is 595 g/mol. The van der Waals surface area contributed by atoms with Crippen LogP contribution in [0.3, 0.4) is 0 Å². The second kappa shape index (κ2) is 14.2. The first kappa shape index (κ1) is 32.5. The van der Waals surface area contributed by atoms with Crippen molar-refractivity contribution in [1.82, 2.24) is 20.0 Å². The lowest BCUT2D eigenvalue weighted by Crippen LogP contribution is -2.68. The third-order valence-corrected chi connectivity index (χ3v) is 11.0. The van der Waals surface area contributed by atoms with Crippen molar-refractivity contribution in [1.29, 1.82) is 0 Å². The van der Waals surface area contributed by atoms with Crippen molar-refractivity contribution in [3.8, 4) is 0 Å². The van der Waals surface area contributed by atoms with Gasteiger partial charge in [0.1, 0.15) is 5.54 Å². The molecule has 0 atom stereocenters. The van der Waals surface area contributed by atoms with Gasteiger partial charge in [-0.3, -0.25) is 24.1 Å². The number of hydrogen-bond donors (Lipinski definition) is 1. The molecule has 0 radical (unpaired) electrons. The number of carbonyl (C=O) groups is 5. The third kappa shape index (κ3) is 7.06. The van der Waals surface area contributed by atoms with E-state index in [2.05, 4.69) is 5.32 Å². The molecular weight excluding hydrogens is 548 g/mol. The zero-order valence-electron chi connectivity index (χ0n) is 24.7. The highest BCUT2D eigenvalue weighted by Crippen LogP contribution is 2.57. The molecule has 0 aromatic heterocycles. The molecule has 11 heteroatoms. The van der Waals surface area contributed by atoms with Gasteiger partial charge in [-0.25, -0.2) is 4.79 Å². The van der Waals surface area contributed by atoms with Crippen LogP contribution in [-0.4, -0.2) is 96.0 Å². The zero-order valence-corrected chi connectivity index (χ0v) is 26.3. The van der Waals surface area contributed by atoms with Gasteiger partial charge < -0.3 is 15.1 Å². The Balaban J connectivity index is 1.83. The fourth-order valence-corrected chi connectivity index (χ4v) is 9.08. The number of aldehydes is 1. The Morgan fingerprint density at radius 1 is 0.925 bits per heavy atom. The predicted molar refractivity (Wildman–Crippen MR) is 161 cm³/mol. The molecule has 0 bridgehead atoms. The highest BCUT2D eigenvalue weighted by molar-refractivity contribution is 8.22. The molecule has 40 heavy (non-hydrogen) atoms. The van der Waals surface area contributed by atoms with Crippen molar-refractivity contribution in [2.45, 2.75) is 89.6 Å². The highest BCUT2D eigenvalue weighted by atomic mass is 32.2. The molecule has 5 amide bonds. The lowest BCUT2D eigenvalue weighted by atomic mass is 9.51. The first-order valence-electron chi connectivity index (χ1n) is 14.5. The van der Waals surface area contributed by atoms with Crippen LogP contribution in [0.15, 0.2) is 9.81 Å². The van der Waals surface area contributed by atoms with Crippen LogP contribution in [0.5, 0.6) is 0 Å². The van der Waals surface area contributed by atoms with E-state index in [9.17, 15) is 24.0 Å².